The SMILES string of the molecule is CC(C(=O)NC(C)(C)Cc1ccccc1)N(c1cccc(Cl)c1)S(C)(=O)=O. The summed E-state index contributed by atoms with van der Waals surface area (Å²) < 4.78 is 25.8. The zero-order valence-corrected chi connectivity index (χ0v) is 17.5. The molecule has 1 amide bonds. The standard InChI is InChI=1S/C20H25ClN2O3S/c1-15(23(27(4,25)26)18-12-8-11-17(21)13-18)19(24)22-20(2,3)14-16-9-6-5-7-10-16/h5-13,15H,14H2,1-4H3,(H,22,24). The van der Waals surface area contributed by atoms with E-state index in [0.717, 1.165) is 16.1 Å². The van der Waals surface area contributed by atoms with Crippen molar-refractivity contribution < 1.29 is 13.2 Å². The molecule has 2 rings (SSSR count). The van der Waals surface area contributed by atoms with E-state index in [0.29, 0.717) is 17.1 Å². The van der Waals surface area contributed by atoms with Gasteiger partial charge in [0.05, 0.1) is 11.9 Å². The van der Waals surface area contributed by atoms with E-state index in [2.05, 4.69) is 5.32 Å². The van der Waals surface area contributed by atoms with Gasteiger partial charge in [-0.3, -0.25) is 9.10 Å². The Labute approximate surface area is 166 Å². The lowest BCUT2D eigenvalue weighted by molar-refractivity contribution is -0.123. The van der Waals surface area contributed by atoms with Crippen LogP contribution in [-0.2, 0) is 21.2 Å². The first-order valence-corrected chi connectivity index (χ1v) is 10.8. The number of nitrogens with one attached hydrogen (secondary N) is 1. The quantitative estimate of drug-likeness (QED) is 0.760. The van der Waals surface area contributed by atoms with Crippen molar-refractivity contribution in [3.63, 3.8) is 0 Å². The van der Waals surface area contributed by atoms with Gasteiger partial charge in [0.25, 0.3) is 0 Å². The first-order valence-electron chi connectivity index (χ1n) is 8.60. The minimum atomic E-state index is -3.68. The summed E-state index contributed by atoms with van der Waals surface area (Å²) in [6.45, 7) is 5.39. The topological polar surface area (TPSA) is 66.5 Å². The first-order chi connectivity index (χ1) is 12.5. The second-order valence-electron chi connectivity index (χ2n) is 7.25. The summed E-state index contributed by atoms with van der Waals surface area (Å²) >= 11 is 6.00. The van der Waals surface area contributed by atoms with Crippen molar-refractivity contribution in [2.45, 2.75) is 38.8 Å². The second kappa shape index (κ2) is 8.31. The molecule has 0 bridgehead atoms. The van der Waals surface area contributed by atoms with E-state index in [1.165, 1.54) is 6.07 Å². The van der Waals surface area contributed by atoms with Crippen molar-refractivity contribution in [2.75, 3.05) is 10.6 Å². The van der Waals surface area contributed by atoms with Crippen LogP contribution in [0.3, 0.4) is 0 Å². The van der Waals surface area contributed by atoms with E-state index in [1.54, 1.807) is 25.1 Å². The summed E-state index contributed by atoms with van der Waals surface area (Å²) in [4.78, 5) is 12.8. The third-order valence-corrected chi connectivity index (χ3v) is 5.58. The van der Waals surface area contributed by atoms with Crippen LogP contribution in [-0.4, -0.2) is 32.2 Å². The molecule has 0 radical (unpaired) electrons. The summed E-state index contributed by atoms with van der Waals surface area (Å²) in [5.74, 6) is -0.374. The Morgan fingerprint density at radius 3 is 2.33 bits per heavy atom. The maximum atomic E-state index is 12.8. The molecule has 0 heterocycles. The lowest BCUT2D eigenvalue weighted by atomic mass is 9.94. The number of halogens is 1. The summed E-state index contributed by atoms with van der Waals surface area (Å²) in [7, 11) is -3.68. The zero-order chi connectivity index (χ0) is 20.2. The fraction of sp³-hybridized carbons (Fsp3) is 0.350. The molecule has 1 atom stereocenters. The van der Waals surface area contributed by atoms with Crippen molar-refractivity contribution >= 4 is 33.2 Å². The Bertz CT molecular complexity index is 898. The maximum absolute atomic E-state index is 12.8. The molecule has 2 aromatic carbocycles. The molecule has 2 aromatic rings. The molecule has 7 heteroatoms. The van der Waals surface area contributed by atoms with Gasteiger partial charge in [-0.25, -0.2) is 8.42 Å². The Kier molecular flexibility index (Phi) is 6.54. The van der Waals surface area contributed by atoms with E-state index < -0.39 is 21.6 Å². The molecule has 0 aromatic heterocycles. The summed E-state index contributed by atoms with van der Waals surface area (Å²) in [6.07, 6.45) is 1.70. The van der Waals surface area contributed by atoms with Crippen molar-refractivity contribution in [3.05, 3.63) is 65.2 Å². The van der Waals surface area contributed by atoms with Crippen molar-refractivity contribution in [1.82, 2.24) is 5.32 Å². The number of nitrogens with zero attached hydrogens (tertiary/aromatic N) is 1. The molecule has 1 N–H and O–H groups in total. The Morgan fingerprint density at radius 2 is 1.78 bits per heavy atom. The number of hydrogen-bond acceptors (Lipinski definition) is 3. The average molecular weight is 409 g/mol. The molecule has 1 unspecified atom stereocenters. The van der Waals surface area contributed by atoms with Gasteiger partial charge in [0, 0.05) is 10.6 Å². The van der Waals surface area contributed by atoms with E-state index in [9.17, 15) is 13.2 Å². The molecule has 5 nitrogen and oxygen atoms in total. The summed E-state index contributed by atoms with van der Waals surface area (Å²) in [5.41, 5.74) is 0.906. The zero-order valence-electron chi connectivity index (χ0n) is 15.9. The summed E-state index contributed by atoms with van der Waals surface area (Å²) in [6, 6.07) is 15.3. The van der Waals surface area contributed by atoms with Gasteiger partial charge >= 0.3 is 0 Å². The smallest absolute Gasteiger partial charge is 0.244 e. The van der Waals surface area contributed by atoms with Crippen LogP contribution in [0.25, 0.3) is 0 Å². The molecule has 146 valence electrons. The molecule has 0 aliphatic carbocycles. The molecule has 0 aliphatic heterocycles. The molecule has 0 saturated carbocycles. The van der Waals surface area contributed by atoms with E-state index >= 15 is 0 Å². The van der Waals surface area contributed by atoms with Gasteiger partial charge in [0.15, 0.2) is 0 Å². The van der Waals surface area contributed by atoms with Crippen LogP contribution in [0, 0.1) is 0 Å². The van der Waals surface area contributed by atoms with Crippen LogP contribution in [0.1, 0.15) is 26.3 Å². The van der Waals surface area contributed by atoms with E-state index in [-0.39, 0.29) is 5.91 Å². The van der Waals surface area contributed by atoms with E-state index in [1.807, 2.05) is 44.2 Å². The van der Waals surface area contributed by atoms with Crippen LogP contribution in [0.4, 0.5) is 5.69 Å². The highest BCUT2D eigenvalue weighted by atomic mass is 35.5. The Balaban J connectivity index is 2.22. The molecule has 0 aliphatic rings. The second-order valence-corrected chi connectivity index (χ2v) is 9.55. The molecule has 0 saturated heterocycles. The minimum Gasteiger partial charge on any atom is -0.349 e. The lowest BCUT2D eigenvalue weighted by Gasteiger charge is -2.33. The van der Waals surface area contributed by atoms with Gasteiger partial charge < -0.3 is 5.32 Å². The van der Waals surface area contributed by atoms with Gasteiger partial charge in [-0.15, -0.1) is 0 Å². The average Bonchev–Trinajstić information content (AvgIpc) is 2.53. The highest BCUT2D eigenvalue weighted by Crippen LogP contribution is 2.24. The molecule has 0 spiro atoms. The predicted octanol–water partition coefficient (Wildman–Crippen LogP) is 3.63. The van der Waals surface area contributed by atoms with Crippen LogP contribution < -0.4 is 9.62 Å². The van der Waals surface area contributed by atoms with Crippen LogP contribution in [0.5, 0.6) is 0 Å². The molecule has 27 heavy (non-hydrogen) atoms. The monoisotopic (exact) mass is 408 g/mol. The van der Waals surface area contributed by atoms with Gasteiger partial charge in [-0.1, -0.05) is 48.0 Å². The molecular formula is C20H25ClN2O3S. The third-order valence-electron chi connectivity index (χ3n) is 4.10. The highest BCUT2D eigenvalue weighted by Gasteiger charge is 2.32. The highest BCUT2D eigenvalue weighted by molar-refractivity contribution is 7.92. The van der Waals surface area contributed by atoms with Crippen LogP contribution in [0.2, 0.25) is 5.02 Å². The van der Waals surface area contributed by atoms with Gasteiger partial charge in [-0.2, -0.15) is 0 Å². The molecular weight excluding hydrogens is 384 g/mol. The number of rotatable bonds is 7. The number of anilines is 1. The predicted molar refractivity (Wildman–Crippen MR) is 111 cm³/mol. The number of carbonyl (C=O) groups is 1. The maximum Gasteiger partial charge on any atom is 0.244 e. The van der Waals surface area contributed by atoms with Gasteiger partial charge in [-0.05, 0) is 51.0 Å². The van der Waals surface area contributed by atoms with Crippen molar-refractivity contribution in [2.24, 2.45) is 0 Å². The van der Waals surface area contributed by atoms with Crippen LogP contribution in [0.15, 0.2) is 54.6 Å². The lowest BCUT2D eigenvalue weighted by Crippen LogP contribution is -2.54. The van der Waals surface area contributed by atoms with Crippen molar-refractivity contribution in [3.8, 4) is 0 Å². The fourth-order valence-electron chi connectivity index (χ4n) is 3.01. The number of hydrogen-bond donors (Lipinski definition) is 1. The first kappa shape index (κ1) is 21.3. The minimum absolute atomic E-state index is 0.355. The van der Waals surface area contributed by atoms with Gasteiger partial charge in [0.1, 0.15) is 6.04 Å². The van der Waals surface area contributed by atoms with Crippen molar-refractivity contribution in [1.29, 1.82) is 0 Å². The number of benzene rings is 2. The van der Waals surface area contributed by atoms with Gasteiger partial charge in [0.2, 0.25) is 15.9 Å². The third kappa shape index (κ3) is 5.97. The number of amides is 1. The van der Waals surface area contributed by atoms with E-state index in [4.69, 9.17) is 11.6 Å². The Hall–Kier alpha value is -2.05. The normalized spacial score (nSPS) is 13.1. The van der Waals surface area contributed by atoms with Crippen LogP contribution >= 0.6 is 11.6 Å². The summed E-state index contributed by atoms with van der Waals surface area (Å²) in [5, 5.41) is 3.36. The molecule has 0 fully saturated rings. The largest absolute Gasteiger partial charge is 0.349 e. The fourth-order valence-corrected chi connectivity index (χ4v) is 4.36. The Morgan fingerprint density at radius 1 is 1.15 bits per heavy atom. The number of sulfonamides is 1. The number of carbonyl (C=O) groups excluding carboxylic acids is 1.